The molecule has 16 heavy (non-hydrogen) atoms. The molecule has 1 saturated heterocycles. The Bertz CT molecular complexity index is 223. The first kappa shape index (κ1) is 12.4. The van der Waals surface area contributed by atoms with Gasteiger partial charge in [0, 0.05) is 13.1 Å². The van der Waals surface area contributed by atoms with Crippen LogP contribution in [-0.2, 0) is 0 Å². The molecule has 2 atom stereocenters. The average Bonchev–Trinajstić information content (AvgIpc) is 2.24. The predicted octanol–water partition coefficient (Wildman–Crippen LogP) is 2.66. The Hall–Kier alpha value is -0.0800. The molecule has 1 heterocycles. The molecular formula is C14H27NO. The molecule has 0 radical (unpaired) electrons. The third-order valence-corrected chi connectivity index (χ3v) is 4.72. The summed E-state index contributed by atoms with van der Waals surface area (Å²) in [5.41, 5.74) is -0.363. The number of β-amino-alcohol motifs (C(OH)–C–C–N with tert-alkyl or cyclic N) is 1. The van der Waals surface area contributed by atoms with Gasteiger partial charge in [0.25, 0.3) is 0 Å². The highest BCUT2D eigenvalue weighted by Crippen LogP contribution is 2.31. The summed E-state index contributed by atoms with van der Waals surface area (Å²) >= 11 is 0. The van der Waals surface area contributed by atoms with Crippen molar-refractivity contribution in [2.75, 3.05) is 19.6 Å². The summed E-state index contributed by atoms with van der Waals surface area (Å²) in [6, 6.07) is 0. The lowest BCUT2D eigenvalue weighted by Crippen LogP contribution is -2.48. The van der Waals surface area contributed by atoms with Gasteiger partial charge in [0.1, 0.15) is 0 Å². The Kier molecular flexibility index (Phi) is 3.91. The van der Waals surface area contributed by atoms with Gasteiger partial charge in [-0.05, 0) is 37.6 Å². The van der Waals surface area contributed by atoms with Crippen LogP contribution in [0.3, 0.4) is 0 Å². The van der Waals surface area contributed by atoms with E-state index in [1.165, 1.54) is 38.8 Å². The molecule has 2 unspecified atom stereocenters. The van der Waals surface area contributed by atoms with Gasteiger partial charge in [0.2, 0.25) is 0 Å². The third kappa shape index (κ3) is 2.98. The highest BCUT2D eigenvalue weighted by molar-refractivity contribution is 4.87. The van der Waals surface area contributed by atoms with E-state index in [-0.39, 0.29) is 5.60 Å². The number of nitrogens with zero attached hydrogens (tertiary/aromatic N) is 1. The lowest BCUT2D eigenvalue weighted by atomic mass is 9.82. The molecule has 0 aromatic heterocycles. The second-order valence-corrected chi connectivity index (χ2v) is 6.26. The summed E-state index contributed by atoms with van der Waals surface area (Å²) in [6.45, 7) is 8.00. The number of rotatable bonds is 2. The molecule has 1 aliphatic heterocycles. The van der Waals surface area contributed by atoms with Crippen molar-refractivity contribution in [1.82, 2.24) is 4.90 Å². The van der Waals surface area contributed by atoms with Gasteiger partial charge in [-0.2, -0.15) is 0 Å². The van der Waals surface area contributed by atoms with Crippen LogP contribution < -0.4 is 0 Å². The van der Waals surface area contributed by atoms with E-state index in [2.05, 4.69) is 18.7 Å². The molecule has 0 aromatic rings. The zero-order chi connectivity index (χ0) is 11.6. The van der Waals surface area contributed by atoms with Gasteiger partial charge in [-0.25, -0.2) is 0 Å². The first-order valence-electron chi connectivity index (χ1n) is 7.04. The van der Waals surface area contributed by atoms with Crippen LogP contribution in [-0.4, -0.2) is 35.2 Å². The first-order chi connectivity index (χ1) is 7.59. The second-order valence-electron chi connectivity index (χ2n) is 6.26. The van der Waals surface area contributed by atoms with Gasteiger partial charge < -0.3 is 10.0 Å². The maximum atomic E-state index is 10.5. The molecule has 0 aromatic carbocycles. The highest BCUT2D eigenvalue weighted by atomic mass is 16.3. The van der Waals surface area contributed by atoms with Crippen LogP contribution in [0.25, 0.3) is 0 Å². The molecule has 0 amide bonds. The number of aliphatic hydroxyl groups is 1. The van der Waals surface area contributed by atoms with Gasteiger partial charge in [-0.15, -0.1) is 0 Å². The van der Waals surface area contributed by atoms with Crippen LogP contribution in [0.2, 0.25) is 0 Å². The number of hydrogen-bond donors (Lipinski definition) is 1. The summed E-state index contributed by atoms with van der Waals surface area (Å²) in [7, 11) is 0. The number of piperidine rings is 1. The average molecular weight is 225 g/mol. The molecule has 94 valence electrons. The van der Waals surface area contributed by atoms with Gasteiger partial charge in [-0.3, -0.25) is 0 Å². The molecule has 2 heteroatoms. The number of likely N-dealkylation sites (tertiary alicyclic amines) is 1. The fourth-order valence-corrected chi connectivity index (χ4v) is 3.28. The summed E-state index contributed by atoms with van der Waals surface area (Å²) in [5, 5.41) is 10.5. The van der Waals surface area contributed by atoms with Gasteiger partial charge in [0.05, 0.1) is 5.60 Å². The standard InChI is InChI=1S/C14H27NO/c1-12-6-9-15(10-13(12)2)11-14(16)7-4-3-5-8-14/h12-13,16H,3-11H2,1-2H3. The van der Waals surface area contributed by atoms with Crippen LogP contribution in [0.1, 0.15) is 52.4 Å². The van der Waals surface area contributed by atoms with E-state index in [0.29, 0.717) is 0 Å². The Morgan fingerprint density at radius 3 is 2.44 bits per heavy atom. The highest BCUT2D eigenvalue weighted by Gasteiger charge is 2.33. The Labute approximate surface area is 100 Å². The Balaban J connectivity index is 1.84. The summed E-state index contributed by atoms with van der Waals surface area (Å²) in [4.78, 5) is 2.50. The van der Waals surface area contributed by atoms with Crippen LogP contribution >= 0.6 is 0 Å². The van der Waals surface area contributed by atoms with E-state index < -0.39 is 0 Å². The monoisotopic (exact) mass is 225 g/mol. The van der Waals surface area contributed by atoms with Gasteiger partial charge >= 0.3 is 0 Å². The van der Waals surface area contributed by atoms with Crippen molar-refractivity contribution in [3.05, 3.63) is 0 Å². The number of hydrogen-bond acceptors (Lipinski definition) is 2. The maximum Gasteiger partial charge on any atom is 0.0774 e. The minimum Gasteiger partial charge on any atom is -0.389 e. The van der Waals surface area contributed by atoms with Crippen molar-refractivity contribution >= 4 is 0 Å². The van der Waals surface area contributed by atoms with Crippen molar-refractivity contribution in [2.24, 2.45) is 11.8 Å². The van der Waals surface area contributed by atoms with Gasteiger partial charge in [-0.1, -0.05) is 33.1 Å². The van der Waals surface area contributed by atoms with E-state index in [4.69, 9.17) is 0 Å². The van der Waals surface area contributed by atoms with E-state index in [0.717, 1.165) is 31.2 Å². The fraction of sp³-hybridized carbons (Fsp3) is 1.00. The lowest BCUT2D eigenvalue weighted by Gasteiger charge is -2.41. The zero-order valence-corrected chi connectivity index (χ0v) is 10.9. The first-order valence-corrected chi connectivity index (χ1v) is 7.04. The van der Waals surface area contributed by atoms with Crippen molar-refractivity contribution in [2.45, 2.75) is 58.0 Å². The molecule has 2 nitrogen and oxygen atoms in total. The molecule has 2 aliphatic rings. The summed E-state index contributed by atoms with van der Waals surface area (Å²) in [6.07, 6.45) is 7.10. The molecule has 2 fully saturated rings. The fourth-order valence-electron chi connectivity index (χ4n) is 3.28. The normalized spacial score (nSPS) is 36.2. The van der Waals surface area contributed by atoms with Crippen molar-refractivity contribution in [1.29, 1.82) is 0 Å². The van der Waals surface area contributed by atoms with Gasteiger partial charge in [0.15, 0.2) is 0 Å². The molecule has 2 rings (SSSR count). The molecule has 0 spiro atoms. The zero-order valence-electron chi connectivity index (χ0n) is 10.9. The van der Waals surface area contributed by atoms with Crippen molar-refractivity contribution < 1.29 is 5.11 Å². The van der Waals surface area contributed by atoms with E-state index in [9.17, 15) is 5.11 Å². The minimum atomic E-state index is -0.363. The summed E-state index contributed by atoms with van der Waals surface area (Å²) in [5.74, 6) is 1.65. The largest absolute Gasteiger partial charge is 0.389 e. The SMILES string of the molecule is CC1CCN(CC2(O)CCCCC2)CC1C. The summed E-state index contributed by atoms with van der Waals surface area (Å²) < 4.78 is 0. The van der Waals surface area contributed by atoms with Crippen molar-refractivity contribution in [3.63, 3.8) is 0 Å². The molecule has 0 bridgehead atoms. The second kappa shape index (κ2) is 5.05. The molecule has 1 saturated carbocycles. The third-order valence-electron chi connectivity index (χ3n) is 4.72. The topological polar surface area (TPSA) is 23.5 Å². The minimum absolute atomic E-state index is 0.363. The molecule has 1 aliphatic carbocycles. The van der Waals surface area contributed by atoms with Crippen LogP contribution in [0.15, 0.2) is 0 Å². The van der Waals surface area contributed by atoms with Crippen LogP contribution in [0, 0.1) is 11.8 Å². The molecule has 1 N–H and O–H groups in total. The lowest BCUT2D eigenvalue weighted by molar-refractivity contribution is -0.0377. The quantitative estimate of drug-likeness (QED) is 0.781. The van der Waals surface area contributed by atoms with Crippen molar-refractivity contribution in [3.8, 4) is 0 Å². The smallest absolute Gasteiger partial charge is 0.0774 e. The van der Waals surface area contributed by atoms with Crippen LogP contribution in [0.5, 0.6) is 0 Å². The predicted molar refractivity (Wildman–Crippen MR) is 67.4 cm³/mol. The molecular weight excluding hydrogens is 198 g/mol. The Morgan fingerprint density at radius 1 is 1.12 bits per heavy atom. The van der Waals surface area contributed by atoms with E-state index in [1.54, 1.807) is 0 Å². The Morgan fingerprint density at radius 2 is 1.81 bits per heavy atom. The van der Waals surface area contributed by atoms with E-state index >= 15 is 0 Å². The van der Waals surface area contributed by atoms with E-state index in [1.807, 2.05) is 0 Å². The maximum absolute atomic E-state index is 10.5. The van der Waals surface area contributed by atoms with Crippen LogP contribution in [0.4, 0.5) is 0 Å².